The predicted octanol–water partition coefficient (Wildman–Crippen LogP) is 5.06. The van der Waals surface area contributed by atoms with Gasteiger partial charge in [0.2, 0.25) is 0 Å². The highest BCUT2D eigenvalue weighted by Gasteiger charge is 2.36. The van der Waals surface area contributed by atoms with Crippen LogP contribution in [0, 0.1) is 24.1 Å². The normalized spacial score (nSPS) is 15.2. The van der Waals surface area contributed by atoms with Crippen molar-refractivity contribution >= 4 is 11.3 Å². The molecular formula is C21H21FN2O. The first-order valence-corrected chi connectivity index (χ1v) is 8.36. The molecular weight excluding hydrogens is 315 g/mol. The van der Waals surface area contributed by atoms with E-state index in [0.717, 1.165) is 40.2 Å². The van der Waals surface area contributed by atoms with Crippen LogP contribution in [0.5, 0.6) is 5.75 Å². The number of nitrogens with one attached hydrogen (secondary N) is 1. The van der Waals surface area contributed by atoms with Crippen molar-refractivity contribution in [3.8, 4) is 11.8 Å². The number of benzene rings is 2. The van der Waals surface area contributed by atoms with Gasteiger partial charge in [0, 0.05) is 29.4 Å². The van der Waals surface area contributed by atoms with E-state index in [1.807, 2.05) is 39.8 Å². The van der Waals surface area contributed by atoms with E-state index in [1.54, 1.807) is 12.1 Å². The number of ether oxygens (including phenoxy) is 1. The highest BCUT2D eigenvalue weighted by atomic mass is 19.1. The van der Waals surface area contributed by atoms with Crippen LogP contribution >= 0.6 is 0 Å². The monoisotopic (exact) mass is 336 g/mol. The van der Waals surface area contributed by atoms with E-state index in [2.05, 4.69) is 11.4 Å². The SMILES string of the molecule is CCNc1cc(C)c2c(c1)OC(C)(C)C(C#N)=C2c1ccc(F)cc1. The summed E-state index contributed by atoms with van der Waals surface area (Å²) in [6, 6.07) is 12.6. The molecule has 0 atom stereocenters. The highest BCUT2D eigenvalue weighted by Crippen LogP contribution is 2.46. The fourth-order valence-corrected chi connectivity index (χ4v) is 3.31. The molecule has 1 N–H and O–H groups in total. The number of fused-ring (bicyclic) bond motifs is 1. The number of aryl methyl sites for hydroxylation is 1. The number of nitrogens with zero attached hydrogens (tertiary/aromatic N) is 1. The smallest absolute Gasteiger partial charge is 0.139 e. The van der Waals surface area contributed by atoms with Gasteiger partial charge < -0.3 is 10.1 Å². The zero-order valence-electron chi connectivity index (χ0n) is 14.9. The summed E-state index contributed by atoms with van der Waals surface area (Å²) in [7, 11) is 0. The molecule has 4 heteroatoms. The Bertz CT molecular complexity index is 889. The third kappa shape index (κ3) is 2.98. The maximum absolute atomic E-state index is 13.4. The molecule has 0 spiro atoms. The predicted molar refractivity (Wildman–Crippen MR) is 98.1 cm³/mol. The number of nitriles is 1. The van der Waals surface area contributed by atoms with Crippen LogP contribution in [0.1, 0.15) is 37.5 Å². The van der Waals surface area contributed by atoms with E-state index in [9.17, 15) is 9.65 Å². The standard InChI is InChI=1S/C21H21FN2O/c1-5-24-16-10-13(2)19-18(11-16)25-21(3,4)17(12-23)20(19)14-6-8-15(22)9-7-14/h6-11,24H,5H2,1-4H3. The Morgan fingerprint density at radius 3 is 2.48 bits per heavy atom. The minimum atomic E-state index is -0.761. The first kappa shape index (κ1) is 17.0. The number of hydrogen-bond donors (Lipinski definition) is 1. The van der Waals surface area contributed by atoms with E-state index >= 15 is 0 Å². The summed E-state index contributed by atoms with van der Waals surface area (Å²) in [5.74, 6) is 0.438. The third-order valence-electron chi connectivity index (χ3n) is 4.39. The molecule has 0 radical (unpaired) electrons. The van der Waals surface area contributed by atoms with Crippen LogP contribution in [0.2, 0.25) is 0 Å². The number of hydrogen-bond acceptors (Lipinski definition) is 3. The lowest BCUT2D eigenvalue weighted by Gasteiger charge is -2.35. The van der Waals surface area contributed by atoms with Crippen LogP contribution in [0.25, 0.3) is 5.57 Å². The quantitative estimate of drug-likeness (QED) is 0.852. The number of halogens is 1. The van der Waals surface area contributed by atoms with Crippen LogP contribution < -0.4 is 10.1 Å². The molecule has 1 aliphatic rings. The van der Waals surface area contributed by atoms with Crippen LogP contribution in [0.3, 0.4) is 0 Å². The molecule has 0 bridgehead atoms. The van der Waals surface area contributed by atoms with Crippen molar-refractivity contribution in [2.24, 2.45) is 0 Å². The molecule has 0 unspecified atom stereocenters. The van der Waals surface area contributed by atoms with Crippen molar-refractivity contribution in [1.82, 2.24) is 0 Å². The fraction of sp³-hybridized carbons (Fsp3) is 0.286. The maximum atomic E-state index is 13.4. The van der Waals surface area contributed by atoms with Gasteiger partial charge in [-0.15, -0.1) is 0 Å². The van der Waals surface area contributed by atoms with Crippen molar-refractivity contribution in [2.75, 3.05) is 11.9 Å². The van der Waals surface area contributed by atoms with Crippen molar-refractivity contribution in [3.05, 3.63) is 64.5 Å². The second-order valence-corrected chi connectivity index (χ2v) is 6.68. The molecule has 25 heavy (non-hydrogen) atoms. The lowest BCUT2D eigenvalue weighted by atomic mass is 9.81. The van der Waals surface area contributed by atoms with Gasteiger partial charge in [-0.1, -0.05) is 12.1 Å². The molecule has 1 aliphatic heterocycles. The lowest BCUT2D eigenvalue weighted by molar-refractivity contribution is 0.149. The molecule has 0 saturated heterocycles. The van der Waals surface area contributed by atoms with Gasteiger partial charge >= 0.3 is 0 Å². The van der Waals surface area contributed by atoms with Gasteiger partial charge in [-0.2, -0.15) is 5.26 Å². The molecule has 0 saturated carbocycles. The van der Waals surface area contributed by atoms with Crippen LogP contribution in [0.4, 0.5) is 10.1 Å². The van der Waals surface area contributed by atoms with Gasteiger partial charge in [0.05, 0.1) is 11.6 Å². The van der Waals surface area contributed by atoms with Gasteiger partial charge in [-0.3, -0.25) is 0 Å². The molecule has 0 amide bonds. The Kier molecular flexibility index (Phi) is 4.26. The first-order valence-electron chi connectivity index (χ1n) is 8.36. The Hall–Kier alpha value is -2.80. The summed E-state index contributed by atoms with van der Waals surface area (Å²) in [4.78, 5) is 0. The summed E-state index contributed by atoms with van der Waals surface area (Å²) in [5.41, 5.74) is 4.30. The molecule has 3 nitrogen and oxygen atoms in total. The van der Waals surface area contributed by atoms with E-state index in [1.165, 1.54) is 12.1 Å². The Morgan fingerprint density at radius 2 is 1.88 bits per heavy atom. The molecule has 0 aliphatic carbocycles. The van der Waals surface area contributed by atoms with Crippen LogP contribution in [-0.2, 0) is 0 Å². The Labute approximate surface area is 147 Å². The molecule has 2 aromatic rings. The zero-order valence-corrected chi connectivity index (χ0v) is 14.9. The minimum absolute atomic E-state index is 0.298. The minimum Gasteiger partial charge on any atom is -0.482 e. The molecule has 1 heterocycles. The lowest BCUT2D eigenvalue weighted by Crippen LogP contribution is -2.34. The first-order chi connectivity index (χ1) is 11.9. The molecule has 0 aromatic heterocycles. The third-order valence-corrected chi connectivity index (χ3v) is 4.39. The van der Waals surface area contributed by atoms with Crippen molar-refractivity contribution in [3.63, 3.8) is 0 Å². The van der Waals surface area contributed by atoms with Crippen molar-refractivity contribution in [2.45, 2.75) is 33.3 Å². The van der Waals surface area contributed by atoms with Gasteiger partial charge in [0.1, 0.15) is 17.2 Å². The van der Waals surface area contributed by atoms with E-state index < -0.39 is 5.60 Å². The van der Waals surface area contributed by atoms with Crippen molar-refractivity contribution < 1.29 is 9.13 Å². The van der Waals surface area contributed by atoms with E-state index in [-0.39, 0.29) is 5.82 Å². The number of rotatable bonds is 3. The van der Waals surface area contributed by atoms with E-state index in [4.69, 9.17) is 4.74 Å². The maximum Gasteiger partial charge on any atom is 0.139 e. The Morgan fingerprint density at radius 1 is 1.20 bits per heavy atom. The van der Waals surface area contributed by atoms with Crippen molar-refractivity contribution in [1.29, 1.82) is 5.26 Å². The molecule has 0 fully saturated rings. The fourth-order valence-electron chi connectivity index (χ4n) is 3.31. The van der Waals surface area contributed by atoms with Gasteiger partial charge in [-0.05, 0) is 57.0 Å². The molecule has 128 valence electrons. The topological polar surface area (TPSA) is 45.0 Å². The Balaban J connectivity index is 2.31. The zero-order chi connectivity index (χ0) is 18.2. The largest absolute Gasteiger partial charge is 0.482 e. The average Bonchev–Trinajstić information content (AvgIpc) is 2.53. The number of anilines is 1. The van der Waals surface area contributed by atoms with Crippen LogP contribution in [-0.4, -0.2) is 12.1 Å². The van der Waals surface area contributed by atoms with E-state index in [0.29, 0.717) is 5.57 Å². The summed E-state index contributed by atoms with van der Waals surface area (Å²) >= 11 is 0. The summed E-state index contributed by atoms with van der Waals surface area (Å²) in [6.45, 7) is 8.61. The van der Waals surface area contributed by atoms with Gasteiger partial charge in [0.25, 0.3) is 0 Å². The summed E-state index contributed by atoms with van der Waals surface area (Å²) in [6.07, 6.45) is 0. The second kappa shape index (κ2) is 6.25. The molecule has 3 rings (SSSR count). The molecule has 2 aromatic carbocycles. The van der Waals surface area contributed by atoms with Gasteiger partial charge in [-0.25, -0.2) is 4.39 Å². The van der Waals surface area contributed by atoms with Crippen LogP contribution in [0.15, 0.2) is 42.0 Å². The summed E-state index contributed by atoms with van der Waals surface area (Å²) < 4.78 is 19.6. The summed E-state index contributed by atoms with van der Waals surface area (Å²) in [5, 5.41) is 13.1. The average molecular weight is 336 g/mol. The highest BCUT2D eigenvalue weighted by molar-refractivity contribution is 5.91. The van der Waals surface area contributed by atoms with Gasteiger partial charge in [0.15, 0.2) is 0 Å². The second-order valence-electron chi connectivity index (χ2n) is 6.68.